The van der Waals surface area contributed by atoms with E-state index in [2.05, 4.69) is 34.5 Å². The third-order valence-corrected chi connectivity index (χ3v) is 8.07. The number of hydrogen-bond acceptors (Lipinski definition) is 6. The second kappa shape index (κ2) is 8.96. The molecule has 0 N–H and O–H groups in total. The average Bonchev–Trinajstić information content (AvgIpc) is 2.88. The summed E-state index contributed by atoms with van der Waals surface area (Å²) < 4.78 is 27.5. The second-order valence-electron chi connectivity index (χ2n) is 8.31. The van der Waals surface area contributed by atoms with Gasteiger partial charge in [0.2, 0.25) is 10.0 Å². The summed E-state index contributed by atoms with van der Waals surface area (Å²) in [6.07, 6.45) is 0. The van der Waals surface area contributed by atoms with Crippen LogP contribution in [0.2, 0.25) is 0 Å². The molecule has 172 valence electrons. The van der Waals surface area contributed by atoms with Gasteiger partial charge in [-0.1, -0.05) is 48.5 Å². The van der Waals surface area contributed by atoms with Gasteiger partial charge in [0, 0.05) is 37.3 Å². The van der Waals surface area contributed by atoms with Crippen molar-refractivity contribution >= 4 is 32.4 Å². The van der Waals surface area contributed by atoms with Gasteiger partial charge in [-0.15, -0.1) is 10.2 Å². The van der Waals surface area contributed by atoms with Crippen LogP contribution < -0.4 is 4.90 Å². The predicted molar refractivity (Wildman–Crippen MR) is 132 cm³/mol. The van der Waals surface area contributed by atoms with Crippen LogP contribution in [-0.4, -0.2) is 54.9 Å². The zero-order valence-corrected chi connectivity index (χ0v) is 19.6. The molecule has 0 unspecified atom stereocenters. The summed E-state index contributed by atoms with van der Waals surface area (Å²) in [6, 6.07) is 24.4. The Morgan fingerprint density at radius 3 is 2.15 bits per heavy atom. The fourth-order valence-electron chi connectivity index (χ4n) is 4.16. The molecular formula is C26H24N4O3S. The van der Waals surface area contributed by atoms with Gasteiger partial charge < -0.3 is 4.90 Å². The fourth-order valence-corrected chi connectivity index (χ4v) is 5.59. The largest absolute Gasteiger partial charge is 0.352 e. The van der Waals surface area contributed by atoms with Gasteiger partial charge >= 0.3 is 0 Å². The molecule has 3 aromatic carbocycles. The van der Waals surface area contributed by atoms with Crippen molar-refractivity contribution in [1.29, 1.82) is 0 Å². The molecule has 0 bridgehead atoms. The molecule has 1 fully saturated rings. The van der Waals surface area contributed by atoms with Crippen LogP contribution in [0.5, 0.6) is 0 Å². The SMILES string of the molecule is CC(=O)c1ccc(S(=O)(=O)N2CCN(c3ccc(-c4ccc5ccccc5c4)nn3)CC2)cc1. The third kappa shape index (κ3) is 4.30. The minimum absolute atomic E-state index is 0.0923. The van der Waals surface area contributed by atoms with Crippen molar-refractivity contribution in [1.82, 2.24) is 14.5 Å². The van der Waals surface area contributed by atoms with Gasteiger partial charge in [-0.05, 0) is 48.0 Å². The molecule has 34 heavy (non-hydrogen) atoms. The van der Waals surface area contributed by atoms with E-state index in [0.717, 1.165) is 22.5 Å². The highest BCUT2D eigenvalue weighted by Gasteiger charge is 2.29. The standard InChI is InChI=1S/C26H24N4O3S/c1-19(31)20-8-10-24(11-9-20)34(32,33)30-16-14-29(15-17-30)26-13-12-25(27-28-26)23-7-6-21-4-2-3-5-22(21)18-23/h2-13,18H,14-17H2,1H3. The van der Waals surface area contributed by atoms with Crippen molar-refractivity contribution in [3.8, 4) is 11.3 Å². The summed E-state index contributed by atoms with van der Waals surface area (Å²) in [6.45, 7) is 3.21. The lowest BCUT2D eigenvalue weighted by atomic mass is 10.1. The van der Waals surface area contributed by atoms with Gasteiger partial charge in [0.25, 0.3) is 0 Å². The van der Waals surface area contributed by atoms with Crippen molar-refractivity contribution in [2.45, 2.75) is 11.8 Å². The Bertz CT molecular complexity index is 1440. The Hall–Kier alpha value is -3.62. The Kier molecular flexibility index (Phi) is 5.85. The van der Waals surface area contributed by atoms with Crippen molar-refractivity contribution in [2.24, 2.45) is 0 Å². The van der Waals surface area contributed by atoms with E-state index in [9.17, 15) is 13.2 Å². The fraction of sp³-hybridized carbons (Fsp3) is 0.192. The number of hydrogen-bond donors (Lipinski definition) is 0. The topological polar surface area (TPSA) is 83.5 Å². The highest BCUT2D eigenvalue weighted by molar-refractivity contribution is 7.89. The number of benzene rings is 3. The molecule has 0 atom stereocenters. The molecule has 0 amide bonds. The molecule has 7 nitrogen and oxygen atoms in total. The Morgan fingerprint density at radius 1 is 0.794 bits per heavy atom. The number of ketones is 1. The molecule has 1 aliphatic rings. The summed E-state index contributed by atoms with van der Waals surface area (Å²) >= 11 is 0. The van der Waals surface area contributed by atoms with E-state index < -0.39 is 10.0 Å². The van der Waals surface area contributed by atoms with Gasteiger partial charge in [0.15, 0.2) is 11.6 Å². The van der Waals surface area contributed by atoms with E-state index >= 15 is 0 Å². The van der Waals surface area contributed by atoms with Crippen LogP contribution in [0.15, 0.2) is 83.8 Å². The third-order valence-electron chi connectivity index (χ3n) is 6.16. The van der Waals surface area contributed by atoms with Gasteiger partial charge in [-0.25, -0.2) is 8.42 Å². The summed E-state index contributed by atoms with van der Waals surface area (Å²) in [7, 11) is -3.61. The van der Waals surface area contributed by atoms with E-state index in [1.165, 1.54) is 28.7 Å². The minimum atomic E-state index is -3.61. The van der Waals surface area contributed by atoms with Crippen LogP contribution in [0.25, 0.3) is 22.0 Å². The van der Waals surface area contributed by atoms with Crippen LogP contribution >= 0.6 is 0 Å². The molecular weight excluding hydrogens is 448 g/mol. The number of carbonyl (C=O) groups excluding carboxylic acids is 1. The van der Waals surface area contributed by atoms with Gasteiger partial charge in [0.05, 0.1) is 10.6 Å². The number of carbonyl (C=O) groups is 1. The van der Waals surface area contributed by atoms with Crippen molar-refractivity contribution in [3.63, 3.8) is 0 Å². The minimum Gasteiger partial charge on any atom is -0.352 e. The Morgan fingerprint density at radius 2 is 1.50 bits per heavy atom. The molecule has 2 heterocycles. The van der Waals surface area contributed by atoms with E-state index in [1.807, 2.05) is 35.2 Å². The first-order valence-corrected chi connectivity index (χ1v) is 12.5. The zero-order chi connectivity index (χ0) is 23.7. The molecule has 1 aromatic heterocycles. The van der Waals surface area contributed by atoms with Crippen molar-refractivity contribution < 1.29 is 13.2 Å². The van der Waals surface area contributed by atoms with Gasteiger partial charge in [-0.2, -0.15) is 4.31 Å². The van der Waals surface area contributed by atoms with Gasteiger partial charge in [-0.3, -0.25) is 4.79 Å². The smallest absolute Gasteiger partial charge is 0.243 e. The van der Waals surface area contributed by atoms with E-state index in [0.29, 0.717) is 31.7 Å². The summed E-state index contributed by atoms with van der Waals surface area (Å²) in [5.41, 5.74) is 2.30. The lowest BCUT2D eigenvalue weighted by Gasteiger charge is -2.34. The summed E-state index contributed by atoms with van der Waals surface area (Å²) in [5.74, 6) is 0.637. The number of nitrogens with zero attached hydrogens (tertiary/aromatic N) is 4. The first-order valence-electron chi connectivity index (χ1n) is 11.1. The molecule has 0 saturated carbocycles. The number of aromatic nitrogens is 2. The second-order valence-corrected chi connectivity index (χ2v) is 10.2. The molecule has 5 rings (SSSR count). The van der Waals surface area contributed by atoms with Crippen LogP contribution in [0.1, 0.15) is 17.3 Å². The quantitative estimate of drug-likeness (QED) is 0.408. The molecule has 1 aliphatic heterocycles. The molecule has 0 aliphatic carbocycles. The highest BCUT2D eigenvalue weighted by Crippen LogP contribution is 2.25. The number of anilines is 1. The van der Waals surface area contributed by atoms with Crippen molar-refractivity contribution in [2.75, 3.05) is 31.1 Å². The molecule has 1 saturated heterocycles. The number of fused-ring (bicyclic) bond motifs is 1. The van der Waals surface area contributed by atoms with Crippen LogP contribution in [0, 0.1) is 0 Å². The lowest BCUT2D eigenvalue weighted by Crippen LogP contribution is -2.49. The maximum Gasteiger partial charge on any atom is 0.243 e. The summed E-state index contributed by atoms with van der Waals surface area (Å²) in [5, 5.41) is 11.2. The highest BCUT2D eigenvalue weighted by atomic mass is 32.2. The van der Waals surface area contributed by atoms with E-state index in [4.69, 9.17) is 0 Å². The monoisotopic (exact) mass is 472 g/mol. The van der Waals surface area contributed by atoms with Crippen LogP contribution in [0.4, 0.5) is 5.82 Å². The number of piperazine rings is 1. The average molecular weight is 473 g/mol. The molecule has 0 radical (unpaired) electrons. The molecule has 4 aromatic rings. The van der Waals surface area contributed by atoms with Crippen molar-refractivity contribution in [3.05, 3.63) is 84.4 Å². The van der Waals surface area contributed by atoms with Crippen LogP contribution in [0.3, 0.4) is 0 Å². The van der Waals surface area contributed by atoms with E-state index in [1.54, 1.807) is 12.1 Å². The zero-order valence-electron chi connectivity index (χ0n) is 18.8. The molecule has 0 spiro atoms. The maximum atomic E-state index is 13.0. The number of sulfonamides is 1. The normalized spacial score (nSPS) is 14.9. The predicted octanol–water partition coefficient (Wildman–Crippen LogP) is 4.01. The number of Topliss-reactive ketones (excluding diaryl/α,β-unsaturated/α-hetero) is 1. The lowest BCUT2D eigenvalue weighted by molar-refractivity contribution is 0.101. The number of rotatable bonds is 5. The Balaban J connectivity index is 1.26. The first-order chi connectivity index (χ1) is 16.4. The van der Waals surface area contributed by atoms with Crippen LogP contribution in [-0.2, 0) is 10.0 Å². The first kappa shape index (κ1) is 22.2. The van der Waals surface area contributed by atoms with E-state index in [-0.39, 0.29) is 10.7 Å². The van der Waals surface area contributed by atoms with Gasteiger partial charge in [0.1, 0.15) is 0 Å². The summed E-state index contributed by atoms with van der Waals surface area (Å²) in [4.78, 5) is 13.7. The molecule has 8 heteroatoms. The Labute approximate surface area is 198 Å². The maximum absolute atomic E-state index is 13.0.